The predicted octanol–water partition coefficient (Wildman–Crippen LogP) is 2.78. The van der Waals surface area contributed by atoms with E-state index in [2.05, 4.69) is 43.5 Å². The van der Waals surface area contributed by atoms with Crippen LogP contribution < -0.4 is 15.4 Å². The minimum atomic E-state index is -0.119. The second-order valence-electron chi connectivity index (χ2n) is 8.38. The molecule has 1 heterocycles. The second-order valence-corrected chi connectivity index (χ2v) is 8.38. The monoisotopic (exact) mass is 388 g/mol. The second kappa shape index (κ2) is 9.80. The van der Waals surface area contributed by atoms with Crippen LogP contribution in [0.3, 0.4) is 0 Å². The van der Waals surface area contributed by atoms with Crippen LogP contribution in [0.4, 0.5) is 0 Å². The summed E-state index contributed by atoms with van der Waals surface area (Å²) in [5.74, 6) is 1.94. The quantitative estimate of drug-likeness (QED) is 0.557. The van der Waals surface area contributed by atoms with Crippen molar-refractivity contribution in [2.45, 2.75) is 52.5 Å². The maximum atomic E-state index is 12.2. The van der Waals surface area contributed by atoms with Gasteiger partial charge in [0.2, 0.25) is 5.91 Å². The van der Waals surface area contributed by atoms with Crippen molar-refractivity contribution in [2.24, 2.45) is 10.9 Å². The Hall–Kier alpha value is -2.24. The van der Waals surface area contributed by atoms with Gasteiger partial charge in [-0.05, 0) is 31.0 Å². The molecule has 156 valence electrons. The molecule has 2 rings (SSSR count). The van der Waals surface area contributed by atoms with E-state index >= 15 is 0 Å². The highest BCUT2D eigenvalue weighted by atomic mass is 16.5. The molecule has 1 saturated heterocycles. The van der Waals surface area contributed by atoms with E-state index in [-0.39, 0.29) is 23.3 Å². The van der Waals surface area contributed by atoms with Gasteiger partial charge in [-0.2, -0.15) is 0 Å². The number of rotatable bonds is 7. The summed E-state index contributed by atoms with van der Waals surface area (Å²) >= 11 is 0. The molecular weight excluding hydrogens is 352 g/mol. The van der Waals surface area contributed by atoms with Crippen LogP contribution in [0, 0.1) is 5.92 Å². The first-order valence-corrected chi connectivity index (χ1v) is 10.2. The van der Waals surface area contributed by atoms with Crippen molar-refractivity contribution in [3.05, 3.63) is 29.8 Å². The summed E-state index contributed by atoms with van der Waals surface area (Å²) in [5, 5.41) is 6.84. The average Bonchev–Trinajstić information content (AvgIpc) is 3.14. The van der Waals surface area contributed by atoms with Gasteiger partial charge in [0.05, 0.1) is 13.7 Å². The summed E-state index contributed by atoms with van der Waals surface area (Å²) in [5.41, 5.74) is 1.08. The molecule has 2 N–H and O–H groups in total. The molecule has 1 amide bonds. The number of amides is 1. The van der Waals surface area contributed by atoms with Crippen molar-refractivity contribution in [3.63, 3.8) is 0 Å². The Morgan fingerprint density at radius 3 is 2.79 bits per heavy atom. The van der Waals surface area contributed by atoms with Crippen molar-refractivity contribution in [3.8, 4) is 5.75 Å². The van der Waals surface area contributed by atoms with Gasteiger partial charge in [0.25, 0.3) is 0 Å². The predicted molar refractivity (Wildman–Crippen MR) is 115 cm³/mol. The van der Waals surface area contributed by atoms with E-state index in [1.807, 2.05) is 30.9 Å². The summed E-state index contributed by atoms with van der Waals surface area (Å²) < 4.78 is 5.36. The number of hydrogen-bond acceptors (Lipinski definition) is 3. The van der Waals surface area contributed by atoms with Crippen molar-refractivity contribution < 1.29 is 9.53 Å². The number of methoxy groups -OCH3 is 1. The number of likely N-dealkylation sites (tertiary alicyclic amines) is 1. The van der Waals surface area contributed by atoms with Gasteiger partial charge in [0.15, 0.2) is 5.96 Å². The maximum absolute atomic E-state index is 12.2. The Morgan fingerprint density at radius 1 is 1.39 bits per heavy atom. The molecule has 0 saturated carbocycles. The third-order valence-corrected chi connectivity index (χ3v) is 5.16. The SMILES string of the molecule is CCNC(=NCC(C)(C)c1cccc(OC)c1)NC1CCN(C(=O)C(C)C)C1. The Morgan fingerprint density at radius 2 is 2.14 bits per heavy atom. The zero-order valence-corrected chi connectivity index (χ0v) is 18.2. The molecule has 0 bridgehead atoms. The number of benzene rings is 1. The first-order chi connectivity index (χ1) is 13.3. The van der Waals surface area contributed by atoms with Gasteiger partial charge in [-0.15, -0.1) is 0 Å². The first-order valence-electron chi connectivity index (χ1n) is 10.2. The zero-order chi connectivity index (χ0) is 20.7. The van der Waals surface area contributed by atoms with E-state index in [9.17, 15) is 4.79 Å². The minimum absolute atomic E-state index is 0.0457. The van der Waals surface area contributed by atoms with Gasteiger partial charge in [-0.3, -0.25) is 9.79 Å². The molecule has 28 heavy (non-hydrogen) atoms. The number of guanidine groups is 1. The van der Waals surface area contributed by atoms with E-state index in [0.29, 0.717) is 6.54 Å². The molecule has 6 nitrogen and oxygen atoms in total. The van der Waals surface area contributed by atoms with Gasteiger partial charge in [-0.1, -0.05) is 39.8 Å². The lowest BCUT2D eigenvalue weighted by molar-refractivity contribution is -0.133. The van der Waals surface area contributed by atoms with E-state index in [1.54, 1.807) is 7.11 Å². The van der Waals surface area contributed by atoms with E-state index in [1.165, 1.54) is 5.56 Å². The van der Waals surface area contributed by atoms with Gasteiger partial charge in [-0.25, -0.2) is 0 Å². The molecule has 0 aromatic heterocycles. The summed E-state index contributed by atoms with van der Waals surface area (Å²) in [7, 11) is 1.69. The Labute approximate surface area is 169 Å². The Kier molecular flexibility index (Phi) is 7.72. The van der Waals surface area contributed by atoms with Crippen molar-refractivity contribution >= 4 is 11.9 Å². The number of aliphatic imine (C=N–C) groups is 1. The van der Waals surface area contributed by atoms with Crippen LogP contribution in [0.25, 0.3) is 0 Å². The van der Waals surface area contributed by atoms with E-state index in [0.717, 1.165) is 37.8 Å². The van der Waals surface area contributed by atoms with Crippen molar-refractivity contribution in [1.29, 1.82) is 0 Å². The third kappa shape index (κ3) is 5.88. The first kappa shape index (κ1) is 22.1. The van der Waals surface area contributed by atoms with Crippen molar-refractivity contribution in [2.75, 3.05) is 33.3 Å². The number of nitrogens with one attached hydrogen (secondary N) is 2. The fourth-order valence-corrected chi connectivity index (χ4v) is 3.37. The smallest absolute Gasteiger partial charge is 0.225 e. The minimum Gasteiger partial charge on any atom is -0.497 e. The molecule has 1 aromatic carbocycles. The number of carbonyl (C=O) groups excluding carboxylic acids is 1. The molecule has 1 aliphatic rings. The Balaban J connectivity index is 2.02. The number of nitrogens with zero attached hydrogens (tertiary/aromatic N) is 2. The average molecular weight is 389 g/mol. The van der Waals surface area contributed by atoms with E-state index < -0.39 is 0 Å². The zero-order valence-electron chi connectivity index (χ0n) is 18.2. The van der Waals surface area contributed by atoms with Gasteiger partial charge < -0.3 is 20.3 Å². The fraction of sp³-hybridized carbons (Fsp3) is 0.636. The fourth-order valence-electron chi connectivity index (χ4n) is 3.37. The maximum Gasteiger partial charge on any atom is 0.225 e. The van der Waals surface area contributed by atoms with Crippen LogP contribution in [-0.2, 0) is 10.2 Å². The molecule has 1 atom stereocenters. The molecule has 1 fully saturated rings. The topological polar surface area (TPSA) is 66.0 Å². The Bertz CT molecular complexity index is 685. The highest BCUT2D eigenvalue weighted by Gasteiger charge is 2.28. The molecule has 1 unspecified atom stereocenters. The number of hydrogen-bond donors (Lipinski definition) is 2. The standard InChI is InChI=1S/C22H36N4O2/c1-7-23-21(25-18-11-12-26(14-18)20(27)16(2)3)24-15-22(4,5)17-9-8-10-19(13-17)28-6/h8-10,13,16,18H,7,11-12,14-15H2,1-6H3,(H2,23,24,25). The summed E-state index contributed by atoms with van der Waals surface area (Å²) in [6, 6.07) is 8.40. The summed E-state index contributed by atoms with van der Waals surface area (Å²) in [6.45, 7) is 13.3. The highest BCUT2D eigenvalue weighted by molar-refractivity contribution is 5.81. The largest absolute Gasteiger partial charge is 0.497 e. The molecular formula is C22H36N4O2. The van der Waals surface area contributed by atoms with Crippen LogP contribution in [-0.4, -0.2) is 56.1 Å². The lowest BCUT2D eigenvalue weighted by Crippen LogP contribution is -2.45. The van der Waals surface area contributed by atoms with Gasteiger partial charge in [0, 0.05) is 37.0 Å². The normalized spacial score (nSPS) is 17.8. The molecule has 6 heteroatoms. The lowest BCUT2D eigenvalue weighted by atomic mass is 9.84. The van der Waals surface area contributed by atoms with Crippen molar-refractivity contribution in [1.82, 2.24) is 15.5 Å². The number of carbonyl (C=O) groups is 1. The van der Waals surface area contributed by atoms with Gasteiger partial charge >= 0.3 is 0 Å². The summed E-state index contributed by atoms with van der Waals surface area (Å²) in [4.78, 5) is 19.0. The van der Waals surface area contributed by atoms with Crippen LogP contribution >= 0.6 is 0 Å². The molecule has 0 aliphatic carbocycles. The third-order valence-electron chi connectivity index (χ3n) is 5.16. The summed E-state index contributed by atoms with van der Waals surface area (Å²) in [6.07, 6.45) is 0.947. The molecule has 1 aliphatic heterocycles. The number of ether oxygens (including phenoxy) is 1. The highest BCUT2D eigenvalue weighted by Crippen LogP contribution is 2.26. The molecule has 0 spiro atoms. The van der Waals surface area contributed by atoms with Crippen LogP contribution in [0.15, 0.2) is 29.3 Å². The van der Waals surface area contributed by atoms with E-state index in [4.69, 9.17) is 9.73 Å². The molecule has 1 aromatic rings. The van der Waals surface area contributed by atoms with Crippen LogP contribution in [0.1, 0.15) is 46.6 Å². The van der Waals surface area contributed by atoms with Gasteiger partial charge in [0.1, 0.15) is 5.75 Å². The van der Waals surface area contributed by atoms with Crippen LogP contribution in [0.5, 0.6) is 5.75 Å². The van der Waals surface area contributed by atoms with Crippen LogP contribution in [0.2, 0.25) is 0 Å². The lowest BCUT2D eigenvalue weighted by Gasteiger charge is -2.25. The molecule has 0 radical (unpaired) electrons.